The van der Waals surface area contributed by atoms with Crippen molar-refractivity contribution in [3.05, 3.63) is 53.6 Å². The summed E-state index contributed by atoms with van der Waals surface area (Å²) in [5.74, 6) is -1.70. The van der Waals surface area contributed by atoms with Gasteiger partial charge >= 0.3 is 5.97 Å². The zero-order chi connectivity index (χ0) is 53.8. The van der Waals surface area contributed by atoms with Gasteiger partial charge in [-0.2, -0.15) is 0 Å². The summed E-state index contributed by atoms with van der Waals surface area (Å²) in [6.07, 6.45) is -1.03. The van der Waals surface area contributed by atoms with Gasteiger partial charge < -0.3 is 77.3 Å². The first-order valence-electron chi connectivity index (χ1n) is 27.4. The van der Waals surface area contributed by atoms with Crippen LogP contribution in [0.2, 0.25) is 0 Å². The lowest BCUT2D eigenvalue weighted by Crippen LogP contribution is -2.75. The molecule has 18 nitrogen and oxygen atoms in total. The van der Waals surface area contributed by atoms with E-state index in [1.807, 2.05) is 58.0 Å². The third-order valence-electron chi connectivity index (χ3n) is 19.1. The molecule has 4 saturated heterocycles. The number of methoxy groups -OCH3 is 3. The smallest absolute Gasteiger partial charge is 0.331 e. The molecule has 4 N–H and O–H groups in total. The van der Waals surface area contributed by atoms with Gasteiger partial charge in [0, 0.05) is 70.3 Å². The quantitative estimate of drug-likeness (QED) is 0.0971. The second kappa shape index (κ2) is 22.8. The fraction of sp³-hybridized carbons (Fsp3) is 0.789. The maximum absolute atomic E-state index is 13.6. The molecule has 0 bridgehead atoms. The first-order chi connectivity index (χ1) is 35.7. The molecule has 4 heterocycles. The highest BCUT2D eigenvalue weighted by atomic mass is 16.8. The molecule has 1 aromatic carbocycles. The van der Waals surface area contributed by atoms with Gasteiger partial charge in [-0.3, -0.25) is 4.79 Å². The molecule has 420 valence electrons. The SMILES string of the molecule is CO[C@H]1C[C@H](O[C@H]2CC[C@@]3(C)C(=CC[C@]4(O)[C@@H]3C[C@@H](OC(=O)/C=C/c3ccccc3)[C@]3(C)[C@H](C(C)=O)CC[C@@]34O)C2)O[C@H](C)[C@H]1O[C@H]1C[C@@H](OC)[C@H](O[C@H]2C[C@H](O)[C@H](O[C@H]3C[C@@H](OC)[C@H](O)[C@@H](C)O3)[C@@H](C)O2)[C@@H](C)O1. The van der Waals surface area contributed by atoms with Crippen LogP contribution in [0.3, 0.4) is 0 Å². The number of hydrogen-bond acceptors (Lipinski definition) is 18. The van der Waals surface area contributed by atoms with Crippen LogP contribution in [0.25, 0.3) is 6.08 Å². The van der Waals surface area contributed by atoms with Crippen LogP contribution in [0.4, 0.5) is 0 Å². The van der Waals surface area contributed by atoms with Crippen molar-refractivity contribution in [2.24, 2.45) is 22.7 Å². The van der Waals surface area contributed by atoms with E-state index in [0.717, 1.165) is 11.1 Å². The Morgan fingerprint density at radius 3 is 1.81 bits per heavy atom. The molecule has 0 spiro atoms. The maximum atomic E-state index is 13.6. The van der Waals surface area contributed by atoms with Crippen molar-refractivity contribution in [3.8, 4) is 0 Å². The summed E-state index contributed by atoms with van der Waals surface area (Å²) in [6.45, 7) is 12.9. The molecule has 0 amide bonds. The van der Waals surface area contributed by atoms with Crippen LogP contribution in [0.1, 0.15) is 125 Å². The van der Waals surface area contributed by atoms with Gasteiger partial charge in [0.1, 0.15) is 47.5 Å². The van der Waals surface area contributed by atoms with E-state index in [9.17, 15) is 30.0 Å². The Labute approximate surface area is 441 Å². The Morgan fingerprint density at radius 1 is 0.680 bits per heavy atom. The highest BCUT2D eigenvalue weighted by Crippen LogP contribution is 2.70. The molecule has 75 heavy (non-hydrogen) atoms. The molecule has 0 aromatic heterocycles. The molecule has 24 atom stereocenters. The lowest BCUT2D eigenvalue weighted by molar-refractivity contribution is -0.346. The lowest BCUT2D eigenvalue weighted by atomic mass is 9.43. The van der Waals surface area contributed by atoms with Crippen LogP contribution < -0.4 is 0 Å². The van der Waals surface area contributed by atoms with Crippen molar-refractivity contribution in [3.63, 3.8) is 0 Å². The van der Waals surface area contributed by atoms with E-state index in [0.29, 0.717) is 51.4 Å². The normalized spacial score (nSPS) is 48.1. The summed E-state index contributed by atoms with van der Waals surface area (Å²) in [4.78, 5) is 26.9. The monoisotopic (exact) mass is 1060 g/mol. The standard InChI is InChI=1S/C57H84O18/c1-30(58)38-20-23-57(63)55(38,7)44(72-45(60)17-16-35-14-12-11-13-15-35)29-43-54(6)21-19-37(24-36(54)18-22-56(43,57)62)71-47-27-41(65-9)53(33(4)69-47)75-49-28-42(66-10)52(34(5)70-49)74-46-25-39(59)51(32(3)68-46)73-48-26-40(64-8)50(61)31(2)67-48/h11-18,31-34,37-44,46-53,59,61-63H,19-29H2,1-10H3/b17-16+/t31-,32-,33-,34-,37+,38+,39+,40-,41+,42-,43-,44-,46+,47+,48+,49+,50-,51-,52-,53-,54+,55+,56+,57-/m1/s1. The molecule has 7 fully saturated rings. The Balaban J connectivity index is 0.798. The van der Waals surface area contributed by atoms with Crippen LogP contribution in [0, 0.1) is 22.7 Å². The molecule has 18 heteroatoms. The fourth-order valence-electron chi connectivity index (χ4n) is 14.8. The molecule has 0 radical (unpaired) electrons. The minimum absolute atomic E-state index is 0.0903. The topological polar surface area (TPSA) is 226 Å². The molecule has 4 aliphatic carbocycles. The van der Waals surface area contributed by atoms with Gasteiger partial charge in [-0.25, -0.2) is 4.79 Å². The summed E-state index contributed by atoms with van der Waals surface area (Å²) < 4.78 is 75.0. The van der Waals surface area contributed by atoms with E-state index in [1.165, 1.54) is 20.1 Å². The number of ether oxygens (including phenoxy) is 12. The van der Waals surface area contributed by atoms with Crippen molar-refractivity contribution in [1.29, 1.82) is 0 Å². The molecule has 4 aliphatic heterocycles. The molecule has 9 rings (SSSR count). The van der Waals surface area contributed by atoms with Gasteiger partial charge in [0.15, 0.2) is 25.2 Å². The van der Waals surface area contributed by atoms with Crippen LogP contribution in [-0.2, 0) is 66.4 Å². The van der Waals surface area contributed by atoms with Gasteiger partial charge in [-0.05, 0) is 96.6 Å². The summed E-state index contributed by atoms with van der Waals surface area (Å²) >= 11 is 0. The summed E-state index contributed by atoms with van der Waals surface area (Å²) in [7, 11) is 4.80. The van der Waals surface area contributed by atoms with Crippen LogP contribution >= 0.6 is 0 Å². The van der Waals surface area contributed by atoms with Gasteiger partial charge in [-0.15, -0.1) is 0 Å². The number of aliphatic hydroxyl groups excluding tert-OH is 2. The maximum Gasteiger partial charge on any atom is 0.331 e. The number of esters is 1. The Kier molecular flexibility index (Phi) is 17.3. The molecule has 8 aliphatic rings. The Bertz CT molecular complexity index is 2180. The summed E-state index contributed by atoms with van der Waals surface area (Å²) in [6, 6.07) is 9.46. The van der Waals surface area contributed by atoms with Crippen LogP contribution in [-0.4, -0.2) is 175 Å². The number of fused-ring (bicyclic) bond motifs is 5. The summed E-state index contributed by atoms with van der Waals surface area (Å²) in [5.41, 5.74) is -3.03. The highest BCUT2D eigenvalue weighted by Gasteiger charge is 2.77. The average molecular weight is 1060 g/mol. The van der Waals surface area contributed by atoms with E-state index in [1.54, 1.807) is 27.2 Å². The zero-order valence-corrected chi connectivity index (χ0v) is 45.4. The van der Waals surface area contributed by atoms with Crippen molar-refractivity contribution in [2.45, 2.75) is 241 Å². The van der Waals surface area contributed by atoms with Gasteiger partial charge in [0.2, 0.25) is 0 Å². The van der Waals surface area contributed by atoms with Crippen molar-refractivity contribution < 1.29 is 86.9 Å². The third-order valence-corrected chi connectivity index (χ3v) is 19.1. The predicted molar refractivity (Wildman–Crippen MR) is 269 cm³/mol. The largest absolute Gasteiger partial charge is 0.458 e. The van der Waals surface area contributed by atoms with E-state index < -0.39 is 144 Å². The van der Waals surface area contributed by atoms with Crippen molar-refractivity contribution >= 4 is 17.8 Å². The number of carbonyl (C=O) groups excluding carboxylic acids is 2. The summed E-state index contributed by atoms with van der Waals surface area (Å²) in [5, 5.41) is 47.6. The van der Waals surface area contributed by atoms with E-state index in [4.69, 9.17) is 56.8 Å². The van der Waals surface area contributed by atoms with Crippen LogP contribution in [0.5, 0.6) is 0 Å². The first kappa shape index (κ1) is 56.9. The molecule has 3 saturated carbocycles. The average Bonchev–Trinajstić information content (AvgIpc) is 3.79. The van der Waals surface area contributed by atoms with Gasteiger partial charge in [-0.1, -0.05) is 55.8 Å². The number of carbonyl (C=O) groups is 2. The lowest BCUT2D eigenvalue weighted by Gasteiger charge is -2.66. The molecule has 1 aromatic rings. The number of aliphatic hydroxyl groups is 4. The van der Waals surface area contributed by atoms with Crippen LogP contribution in [0.15, 0.2) is 48.1 Å². The number of rotatable bonds is 15. The fourth-order valence-corrected chi connectivity index (χ4v) is 14.8. The van der Waals surface area contributed by atoms with E-state index >= 15 is 0 Å². The van der Waals surface area contributed by atoms with Gasteiger partial charge in [0.25, 0.3) is 0 Å². The number of hydrogen-bond donors (Lipinski definition) is 4. The number of ketones is 1. The van der Waals surface area contributed by atoms with Gasteiger partial charge in [0.05, 0.1) is 54.9 Å². The minimum atomic E-state index is -1.69. The Morgan fingerprint density at radius 2 is 1.23 bits per heavy atom. The van der Waals surface area contributed by atoms with Crippen molar-refractivity contribution in [2.75, 3.05) is 21.3 Å². The highest BCUT2D eigenvalue weighted by molar-refractivity contribution is 5.87. The first-order valence-corrected chi connectivity index (χ1v) is 27.4. The zero-order valence-electron chi connectivity index (χ0n) is 45.4. The van der Waals surface area contributed by atoms with E-state index in [-0.39, 0.29) is 31.1 Å². The minimum Gasteiger partial charge on any atom is -0.458 e. The Hall–Kier alpha value is -2.76. The number of benzene rings is 1. The van der Waals surface area contributed by atoms with E-state index in [2.05, 4.69) is 13.0 Å². The third kappa shape index (κ3) is 10.8. The number of Topliss-reactive ketones (excluding diaryl/α,β-unsaturated/α-hetero) is 1. The molecule has 0 unspecified atom stereocenters. The predicted octanol–water partition coefficient (Wildman–Crippen LogP) is 5.47. The molecular weight excluding hydrogens is 973 g/mol. The molecular formula is C57H84O18. The second-order valence-corrected chi connectivity index (χ2v) is 23.3. The van der Waals surface area contributed by atoms with Crippen molar-refractivity contribution in [1.82, 2.24) is 0 Å². The second-order valence-electron chi connectivity index (χ2n) is 23.3.